The second-order valence-corrected chi connectivity index (χ2v) is 10.0. The summed E-state index contributed by atoms with van der Waals surface area (Å²) in [6, 6.07) is 17.6. The van der Waals surface area contributed by atoms with E-state index in [4.69, 9.17) is 18.9 Å². The van der Waals surface area contributed by atoms with Crippen LogP contribution in [0, 0.1) is 0 Å². The number of fused-ring (bicyclic) bond motifs is 1. The summed E-state index contributed by atoms with van der Waals surface area (Å²) in [5.41, 5.74) is 5.17. The number of carbonyl (C=O) groups excluding carboxylic acids is 2. The highest BCUT2D eigenvalue weighted by molar-refractivity contribution is 5.80. The van der Waals surface area contributed by atoms with E-state index in [1.54, 1.807) is 35.5 Å². The molecule has 2 amide bonds. The molecule has 0 fully saturated rings. The zero-order valence-corrected chi connectivity index (χ0v) is 24.9. The van der Waals surface area contributed by atoms with Gasteiger partial charge in [-0.25, -0.2) is 0 Å². The highest BCUT2D eigenvalue weighted by Crippen LogP contribution is 2.40. The Labute approximate surface area is 247 Å². The first-order valence-electron chi connectivity index (χ1n) is 13.9. The highest BCUT2D eigenvalue weighted by Gasteiger charge is 2.31. The molecule has 10 nitrogen and oxygen atoms in total. The van der Waals surface area contributed by atoms with Gasteiger partial charge in [0.2, 0.25) is 11.8 Å². The lowest BCUT2D eigenvalue weighted by Gasteiger charge is -2.37. The Hall–Kier alpha value is -4.44. The van der Waals surface area contributed by atoms with Gasteiger partial charge < -0.3 is 34.9 Å². The molecule has 0 spiro atoms. The summed E-state index contributed by atoms with van der Waals surface area (Å²) in [7, 11) is 8.12. The number of anilines is 1. The minimum absolute atomic E-state index is 0.0574. The molecule has 0 saturated heterocycles. The number of benzene rings is 3. The summed E-state index contributed by atoms with van der Waals surface area (Å²) in [5, 5.41) is 8.71. The van der Waals surface area contributed by atoms with E-state index in [9.17, 15) is 9.59 Å². The molecule has 42 heavy (non-hydrogen) atoms. The Bertz CT molecular complexity index is 1380. The Kier molecular flexibility index (Phi) is 10.5. The van der Waals surface area contributed by atoms with Gasteiger partial charge in [0.1, 0.15) is 0 Å². The molecule has 224 valence electrons. The number of carbonyl (C=O) groups is 2. The minimum Gasteiger partial charge on any atom is -0.493 e. The Balaban J connectivity index is 1.49. The first kappa shape index (κ1) is 30.5. The first-order chi connectivity index (χ1) is 20.4. The number of likely N-dealkylation sites (N-methyl/N-ethyl adjacent to an activating group) is 1. The van der Waals surface area contributed by atoms with Crippen LogP contribution >= 0.6 is 0 Å². The zero-order chi connectivity index (χ0) is 30.1. The van der Waals surface area contributed by atoms with E-state index in [-0.39, 0.29) is 30.9 Å². The SMILES string of the molecule is CNC(=O)CNc1ccc(CNC(=O)CN2CCc3cc(OC)c(OC)cc3C2Cc2ccc(OC)c(OC)c2)cc1. The van der Waals surface area contributed by atoms with Crippen LogP contribution in [0.2, 0.25) is 0 Å². The number of amides is 2. The molecule has 3 N–H and O–H groups in total. The average molecular weight is 577 g/mol. The van der Waals surface area contributed by atoms with Crippen molar-refractivity contribution in [2.75, 3.05) is 60.4 Å². The molecule has 1 heterocycles. The van der Waals surface area contributed by atoms with E-state index in [0.717, 1.165) is 35.3 Å². The third-order valence-corrected chi connectivity index (χ3v) is 7.51. The van der Waals surface area contributed by atoms with E-state index in [2.05, 4.69) is 20.9 Å². The zero-order valence-electron chi connectivity index (χ0n) is 24.9. The quantitative estimate of drug-likeness (QED) is 0.284. The van der Waals surface area contributed by atoms with Crippen LogP contribution in [0.5, 0.6) is 23.0 Å². The minimum atomic E-state index is -0.0892. The van der Waals surface area contributed by atoms with Gasteiger partial charge in [0.15, 0.2) is 23.0 Å². The fourth-order valence-electron chi connectivity index (χ4n) is 5.19. The summed E-state index contributed by atoms with van der Waals surface area (Å²) < 4.78 is 22.2. The standard InChI is InChI=1S/C32H40N4O6/c1-33-31(37)19-34-24-9-6-21(7-10-24)18-35-32(38)20-36-13-12-23-16-29(41-4)30(42-5)17-25(23)26(36)14-22-8-11-27(39-2)28(15-22)40-3/h6-11,15-17,26,34H,12-14,18-20H2,1-5H3,(H,33,37)(H,35,38). The van der Waals surface area contributed by atoms with Crippen LogP contribution in [-0.2, 0) is 29.0 Å². The molecule has 1 aliphatic heterocycles. The highest BCUT2D eigenvalue weighted by atomic mass is 16.5. The molecule has 3 aromatic carbocycles. The third-order valence-electron chi connectivity index (χ3n) is 7.51. The third kappa shape index (κ3) is 7.44. The molecule has 0 bridgehead atoms. The van der Waals surface area contributed by atoms with Crippen molar-refractivity contribution in [3.05, 3.63) is 76.9 Å². The van der Waals surface area contributed by atoms with Gasteiger partial charge in [-0.3, -0.25) is 14.5 Å². The van der Waals surface area contributed by atoms with Crippen molar-refractivity contribution in [2.24, 2.45) is 0 Å². The topological polar surface area (TPSA) is 110 Å². The Morgan fingerprint density at radius 2 is 1.45 bits per heavy atom. The molecule has 0 aliphatic carbocycles. The molecule has 0 aromatic heterocycles. The fourth-order valence-corrected chi connectivity index (χ4v) is 5.19. The lowest BCUT2D eigenvalue weighted by Crippen LogP contribution is -2.43. The van der Waals surface area contributed by atoms with Crippen LogP contribution in [0.15, 0.2) is 54.6 Å². The molecule has 3 aromatic rings. The van der Waals surface area contributed by atoms with Crippen LogP contribution in [0.1, 0.15) is 28.3 Å². The van der Waals surface area contributed by atoms with Gasteiger partial charge >= 0.3 is 0 Å². The van der Waals surface area contributed by atoms with Crippen molar-refractivity contribution in [3.8, 4) is 23.0 Å². The monoisotopic (exact) mass is 576 g/mol. The average Bonchev–Trinajstić information content (AvgIpc) is 3.03. The summed E-state index contributed by atoms with van der Waals surface area (Å²) in [6.07, 6.45) is 1.45. The number of nitrogens with one attached hydrogen (secondary N) is 3. The maximum Gasteiger partial charge on any atom is 0.239 e. The van der Waals surface area contributed by atoms with Crippen molar-refractivity contribution in [2.45, 2.75) is 25.4 Å². The predicted molar refractivity (Wildman–Crippen MR) is 162 cm³/mol. The number of ether oxygens (including phenoxy) is 4. The molecule has 1 unspecified atom stereocenters. The fraction of sp³-hybridized carbons (Fsp3) is 0.375. The predicted octanol–water partition coefficient (Wildman–Crippen LogP) is 3.34. The summed E-state index contributed by atoms with van der Waals surface area (Å²) >= 11 is 0. The van der Waals surface area contributed by atoms with E-state index in [1.165, 1.54) is 5.56 Å². The van der Waals surface area contributed by atoms with E-state index >= 15 is 0 Å². The van der Waals surface area contributed by atoms with Gasteiger partial charge in [0.25, 0.3) is 0 Å². The lowest BCUT2D eigenvalue weighted by molar-refractivity contribution is -0.123. The molecule has 10 heteroatoms. The van der Waals surface area contributed by atoms with Gasteiger partial charge in [0.05, 0.1) is 41.5 Å². The Morgan fingerprint density at radius 1 is 0.810 bits per heavy atom. The van der Waals surface area contributed by atoms with Gasteiger partial charge in [-0.2, -0.15) is 0 Å². The van der Waals surface area contributed by atoms with Gasteiger partial charge in [-0.15, -0.1) is 0 Å². The molecular weight excluding hydrogens is 536 g/mol. The van der Waals surface area contributed by atoms with Crippen LogP contribution in [-0.4, -0.2) is 71.8 Å². The molecule has 0 radical (unpaired) electrons. The maximum atomic E-state index is 13.2. The second-order valence-electron chi connectivity index (χ2n) is 10.0. The van der Waals surface area contributed by atoms with E-state index < -0.39 is 0 Å². The van der Waals surface area contributed by atoms with E-state index in [1.807, 2.05) is 54.6 Å². The van der Waals surface area contributed by atoms with Crippen LogP contribution in [0.4, 0.5) is 5.69 Å². The van der Waals surface area contributed by atoms with E-state index in [0.29, 0.717) is 36.0 Å². The van der Waals surface area contributed by atoms with Crippen molar-refractivity contribution in [1.29, 1.82) is 0 Å². The van der Waals surface area contributed by atoms with Gasteiger partial charge in [0, 0.05) is 31.9 Å². The van der Waals surface area contributed by atoms with Crippen LogP contribution in [0.3, 0.4) is 0 Å². The molecule has 1 atom stereocenters. The summed E-state index contributed by atoms with van der Waals surface area (Å²) in [4.78, 5) is 26.9. The van der Waals surface area contributed by atoms with Gasteiger partial charge in [-0.1, -0.05) is 18.2 Å². The van der Waals surface area contributed by atoms with Crippen molar-refractivity contribution >= 4 is 17.5 Å². The first-order valence-corrected chi connectivity index (χ1v) is 13.9. The van der Waals surface area contributed by atoms with Crippen molar-refractivity contribution in [3.63, 3.8) is 0 Å². The number of methoxy groups -OCH3 is 4. The molecular formula is C32H40N4O6. The van der Waals surface area contributed by atoms with Crippen LogP contribution in [0.25, 0.3) is 0 Å². The Morgan fingerprint density at radius 3 is 2.12 bits per heavy atom. The molecule has 4 rings (SSSR count). The molecule has 0 saturated carbocycles. The maximum absolute atomic E-state index is 13.2. The smallest absolute Gasteiger partial charge is 0.239 e. The van der Waals surface area contributed by atoms with Gasteiger partial charge in [-0.05, 0) is 71.5 Å². The lowest BCUT2D eigenvalue weighted by atomic mass is 9.88. The van der Waals surface area contributed by atoms with Crippen LogP contribution < -0.4 is 34.9 Å². The van der Waals surface area contributed by atoms with Crippen molar-refractivity contribution in [1.82, 2.24) is 15.5 Å². The number of rotatable bonds is 13. The number of hydrogen-bond donors (Lipinski definition) is 3. The number of nitrogens with zero attached hydrogens (tertiary/aromatic N) is 1. The van der Waals surface area contributed by atoms with Crippen molar-refractivity contribution < 1.29 is 28.5 Å². The number of hydrogen-bond acceptors (Lipinski definition) is 8. The second kappa shape index (κ2) is 14.5. The largest absolute Gasteiger partial charge is 0.493 e. The summed E-state index contributed by atoms with van der Waals surface area (Å²) in [6.45, 7) is 1.58. The normalized spacial score (nSPS) is 14.4. The molecule has 1 aliphatic rings. The summed E-state index contributed by atoms with van der Waals surface area (Å²) in [5.74, 6) is 2.54.